The predicted octanol–water partition coefficient (Wildman–Crippen LogP) is 6.29. The molecule has 1 atom stereocenters. The van der Waals surface area contributed by atoms with E-state index in [2.05, 4.69) is 5.32 Å². The topological polar surface area (TPSA) is 105 Å². The second-order valence-electron chi connectivity index (χ2n) is 10.7. The number of methoxy groups -OCH3 is 2. The van der Waals surface area contributed by atoms with Gasteiger partial charge in [-0.25, -0.2) is 8.42 Å². The van der Waals surface area contributed by atoms with E-state index in [1.165, 1.54) is 37.3 Å². The van der Waals surface area contributed by atoms with Crippen LogP contribution in [0.15, 0.2) is 95.9 Å². The quantitative estimate of drug-likeness (QED) is 0.166. The monoisotopic (exact) mass is 697 g/mol. The summed E-state index contributed by atoms with van der Waals surface area (Å²) in [6, 6.07) is 24.1. The largest absolute Gasteiger partial charge is 0.497 e. The Kier molecular flexibility index (Phi) is 12.1. The Balaban J connectivity index is 1.89. The van der Waals surface area contributed by atoms with E-state index in [1.807, 2.05) is 37.3 Å². The first kappa shape index (κ1) is 35.6. The second kappa shape index (κ2) is 16.0. The molecule has 0 bridgehead atoms. The lowest BCUT2D eigenvalue weighted by molar-refractivity contribution is -0.140. The highest BCUT2D eigenvalue weighted by molar-refractivity contribution is 7.92. The lowest BCUT2D eigenvalue weighted by Crippen LogP contribution is -2.53. The van der Waals surface area contributed by atoms with Crippen molar-refractivity contribution in [3.8, 4) is 11.5 Å². The number of hydrogen-bond donors (Lipinski definition) is 1. The number of rotatable bonds is 14. The Morgan fingerprint density at radius 2 is 1.53 bits per heavy atom. The van der Waals surface area contributed by atoms with Crippen LogP contribution in [0.1, 0.15) is 23.6 Å². The average molecular weight is 699 g/mol. The van der Waals surface area contributed by atoms with Gasteiger partial charge in [0.1, 0.15) is 24.1 Å². The maximum atomic E-state index is 14.7. The highest BCUT2D eigenvalue weighted by Gasteiger charge is 2.36. The van der Waals surface area contributed by atoms with Crippen molar-refractivity contribution in [2.45, 2.75) is 37.8 Å². The van der Waals surface area contributed by atoms with Crippen LogP contribution in [0.3, 0.4) is 0 Å². The molecule has 0 aliphatic carbocycles. The first-order valence-electron chi connectivity index (χ1n) is 14.9. The molecule has 0 aliphatic heterocycles. The van der Waals surface area contributed by atoms with Crippen LogP contribution < -0.4 is 19.1 Å². The van der Waals surface area contributed by atoms with Crippen molar-refractivity contribution in [2.75, 3.05) is 31.6 Å². The standard InChI is InChI=1S/C35H37Cl2N3O6S/c1-5-38-35(42)32(20-25-10-7-6-8-11-25)39(22-28-29(36)12-9-13-30(28)37)34(41)23-40(31-21-26(45-3)16-19-33(31)46-4)47(43,44)27-17-14-24(2)15-18-27/h6-19,21,32H,5,20,22-23H2,1-4H3,(H,38,42)/t32-/m1/s1. The molecule has 1 N–H and O–H groups in total. The van der Waals surface area contributed by atoms with Gasteiger partial charge in [0.2, 0.25) is 11.8 Å². The van der Waals surface area contributed by atoms with Gasteiger partial charge in [-0.15, -0.1) is 0 Å². The van der Waals surface area contributed by atoms with Crippen LogP contribution in [-0.2, 0) is 32.6 Å². The van der Waals surface area contributed by atoms with Crippen LogP contribution in [0, 0.1) is 6.92 Å². The van der Waals surface area contributed by atoms with Crippen LogP contribution in [0.5, 0.6) is 11.5 Å². The number of carbonyl (C=O) groups excluding carboxylic acids is 2. The number of ether oxygens (including phenoxy) is 2. The number of nitrogens with one attached hydrogen (secondary N) is 1. The minimum absolute atomic E-state index is 0.0361. The molecule has 4 rings (SSSR count). The molecule has 0 aromatic heterocycles. The number of benzene rings is 4. The van der Waals surface area contributed by atoms with Crippen molar-refractivity contribution in [1.29, 1.82) is 0 Å². The molecule has 0 radical (unpaired) electrons. The summed E-state index contributed by atoms with van der Waals surface area (Å²) in [6.45, 7) is 3.08. The van der Waals surface area contributed by atoms with Gasteiger partial charge in [0.05, 0.1) is 24.8 Å². The van der Waals surface area contributed by atoms with E-state index in [1.54, 1.807) is 49.4 Å². The van der Waals surface area contributed by atoms with Crippen molar-refractivity contribution in [1.82, 2.24) is 10.2 Å². The maximum absolute atomic E-state index is 14.7. The molecule has 4 aromatic carbocycles. The van der Waals surface area contributed by atoms with Crippen LogP contribution in [0.4, 0.5) is 5.69 Å². The Hall–Kier alpha value is -4.25. The number of aryl methyl sites for hydroxylation is 1. The summed E-state index contributed by atoms with van der Waals surface area (Å²) in [5.41, 5.74) is 2.15. The smallest absolute Gasteiger partial charge is 0.264 e. The number of nitrogens with zero attached hydrogens (tertiary/aromatic N) is 2. The third-order valence-electron chi connectivity index (χ3n) is 7.55. The Labute approximate surface area is 286 Å². The van der Waals surface area contributed by atoms with Crippen LogP contribution in [0.25, 0.3) is 0 Å². The van der Waals surface area contributed by atoms with E-state index >= 15 is 0 Å². The zero-order valence-corrected chi connectivity index (χ0v) is 28.9. The minimum Gasteiger partial charge on any atom is -0.497 e. The third kappa shape index (κ3) is 8.57. The zero-order valence-electron chi connectivity index (χ0n) is 26.6. The van der Waals surface area contributed by atoms with Gasteiger partial charge in [-0.1, -0.05) is 77.3 Å². The van der Waals surface area contributed by atoms with Crippen LogP contribution >= 0.6 is 23.2 Å². The van der Waals surface area contributed by atoms with Gasteiger partial charge in [-0.3, -0.25) is 13.9 Å². The number of likely N-dealkylation sites (N-methyl/N-ethyl adjacent to an activating group) is 1. The van der Waals surface area contributed by atoms with E-state index in [0.29, 0.717) is 27.9 Å². The van der Waals surface area contributed by atoms with Gasteiger partial charge >= 0.3 is 0 Å². The molecule has 0 saturated heterocycles. The summed E-state index contributed by atoms with van der Waals surface area (Å²) < 4.78 is 40.7. The molecule has 4 aromatic rings. The van der Waals surface area contributed by atoms with E-state index in [-0.39, 0.29) is 29.3 Å². The summed E-state index contributed by atoms with van der Waals surface area (Å²) >= 11 is 13.1. The fourth-order valence-corrected chi connectivity index (χ4v) is 6.98. The molecule has 248 valence electrons. The van der Waals surface area contributed by atoms with Crippen molar-refractivity contribution in [2.24, 2.45) is 0 Å². The van der Waals surface area contributed by atoms with Gasteiger partial charge < -0.3 is 19.7 Å². The van der Waals surface area contributed by atoms with Gasteiger partial charge in [-0.2, -0.15) is 0 Å². The summed E-state index contributed by atoms with van der Waals surface area (Å²) in [6.07, 6.45) is 0.147. The fourth-order valence-electron chi connectivity index (χ4n) is 5.04. The van der Waals surface area contributed by atoms with Gasteiger partial charge in [0.15, 0.2) is 0 Å². The van der Waals surface area contributed by atoms with Crippen LogP contribution in [0.2, 0.25) is 10.0 Å². The van der Waals surface area contributed by atoms with Gasteiger partial charge in [0, 0.05) is 41.2 Å². The minimum atomic E-state index is -4.36. The number of amides is 2. The van der Waals surface area contributed by atoms with Gasteiger partial charge in [0.25, 0.3) is 10.0 Å². The molecular formula is C35H37Cl2N3O6S. The molecule has 0 spiro atoms. The SMILES string of the molecule is CCNC(=O)[C@@H](Cc1ccccc1)N(Cc1c(Cl)cccc1Cl)C(=O)CN(c1cc(OC)ccc1OC)S(=O)(=O)c1ccc(C)cc1. The zero-order chi connectivity index (χ0) is 34.1. The lowest BCUT2D eigenvalue weighted by atomic mass is 10.0. The van der Waals surface area contributed by atoms with E-state index < -0.39 is 34.4 Å². The van der Waals surface area contributed by atoms with Crippen molar-refractivity contribution in [3.05, 3.63) is 118 Å². The van der Waals surface area contributed by atoms with E-state index in [0.717, 1.165) is 15.4 Å². The van der Waals surface area contributed by atoms with Gasteiger partial charge in [-0.05, 0) is 55.8 Å². The molecule has 0 aliphatic rings. The summed E-state index contributed by atoms with van der Waals surface area (Å²) in [5, 5.41) is 3.42. The van der Waals surface area contributed by atoms with E-state index in [9.17, 15) is 18.0 Å². The number of anilines is 1. The molecule has 2 amide bonds. The first-order valence-corrected chi connectivity index (χ1v) is 17.0. The number of sulfonamides is 1. The molecule has 47 heavy (non-hydrogen) atoms. The maximum Gasteiger partial charge on any atom is 0.264 e. The normalized spacial score (nSPS) is 11.8. The first-order chi connectivity index (χ1) is 22.5. The number of hydrogen-bond acceptors (Lipinski definition) is 6. The van der Waals surface area contributed by atoms with E-state index in [4.69, 9.17) is 32.7 Å². The Morgan fingerprint density at radius 3 is 2.13 bits per heavy atom. The number of carbonyl (C=O) groups is 2. The molecule has 0 heterocycles. The highest BCUT2D eigenvalue weighted by atomic mass is 35.5. The summed E-state index contributed by atoms with van der Waals surface area (Å²) in [7, 11) is -1.51. The molecular weight excluding hydrogens is 661 g/mol. The predicted molar refractivity (Wildman–Crippen MR) is 185 cm³/mol. The molecule has 12 heteroatoms. The average Bonchev–Trinajstić information content (AvgIpc) is 3.06. The lowest BCUT2D eigenvalue weighted by Gasteiger charge is -2.34. The van der Waals surface area contributed by atoms with Crippen molar-refractivity contribution >= 4 is 50.7 Å². The molecule has 0 fully saturated rings. The molecule has 0 unspecified atom stereocenters. The Bertz CT molecular complexity index is 1780. The summed E-state index contributed by atoms with van der Waals surface area (Å²) in [5.74, 6) is -0.547. The van der Waals surface area contributed by atoms with Crippen molar-refractivity contribution in [3.63, 3.8) is 0 Å². The van der Waals surface area contributed by atoms with Crippen LogP contribution in [-0.4, -0.2) is 58.5 Å². The Morgan fingerprint density at radius 1 is 0.872 bits per heavy atom. The van der Waals surface area contributed by atoms with Crippen molar-refractivity contribution < 1.29 is 27.5 Å². The second-order valence-corrected chi connectivity index (χ2v) is 13.4. The highest BCUT2D eigenvalue weighted by Crippen LogP contribution is 2.36. The summed E-state index contributed by atoms with van der Waals surface area (Å²) in [4.78, 5) is 29.7. The molecule has 0 saturated carbocycles. The third-order valence-corrected chi connectivity index (χ3v) is 10.0. The number of halogens is 2. The molecule has 9 nitrogen and oxygen atoms in total. The fraction of sp³-hybridized carbons (Fsp3) is 0.257.